The van der Waals surface area contributed by atoms with E-state index in [0.717, 1.165) is 0 Å². The maximum atomic E-state index is 12.8. The number of halogens is 1. The Morgan fingerprint density at radius 2 is 1.88 bits per heavy atom. The summed E-state index contributed by atoms with van der Waals surface area (Å²) < 4.78 is 30.6. The molecule has 0 atom stereocenters. The molecule has 142 valence electrons. The first-order chi connectivity index (χ1) is 12.1. The highest BCUT2D eigenvalue weighted by Crippen LogP contribution is 2.23. The molecule has 0 bridgehead atoms. The largest absolute Gasteiger partial charge is 0.361 e. The number of hydrogen-bond acceptors (Lipinski definition) is 4. The fraction of sp³-hybridized carbons (Fsp3) is 0.471. The maximum Gasteiger partial charge on any atom is 0.304 e. The summed E-state index contributed by atoms with van der Waals surface area (Å²) in [4.78, 5) is 5.94. The summed E-state index contributed by atoms with van der Waals surface area (Å²) in [6.07, 6.45) is 2.88. The van der Waals surface area contributed by atoms with Crippen molar-refractivity contribution in [2.24, 2.45) is 16.2 Å². The summed E-state index contributed by atoms with van der Waals surface area (Å²) in [5.41, 5.74) is 0.837. The van der Waals surface area contributed by atoms with Crippen LogP contribution in [0.5, 0.6) is 0 Å². The number of rotatable bonds is 8. The van der Waals surface area contributed by atoms with E-state index in [1.807, 2.05) is 4.90 Å². The fourth-order valence-corrected chi connectivity index (χ4v) is 3.94. The van der Waals surface area contributed by atoms with E-state index in [9.17, 15) is 8.42 Å². The van der Waals surface area contributed by atoms with Gasteiger partial charge in [0.2, 0.25) is 5.03 Å². The van der Waals surface area contributed by atoms with Crippen molar-refractivity contribution in [1.82, 2.24) is 19.5 Å². The predicted octanol–water partition coefficient (Wildman–Crippen LogP) is 3.36. The molecule has 2 rings (SSSR count). The van der Waals surface area contributed by atoms with E-state index in [4.69, 9.17) is 11.6 Å². The van der Waals surface area contributed by atoms with Crippen LogP contribution in [0.3, 0.4) is 0 Å². The van der Waals surface area contributed by atoms with Gasteiger partial charge in [0.25, 0.3) is 0 Å². The summed E-state index contributed by atoms with van der Waals surface area (Å²) in [6, 6.07) is 3.31. The van der Waals surface area contributed by atoms with Crippen LogP contribution in [-0.4, -0.2) is 47.3 Å². The topological polar surface area (TPSA) is 79.9 Å². The minimum atomic E-state index is -4.07. The Bertz CT molecular complexity index is 909. The first kappa shape index (κ1) is 20.4. The van der Waals surface area contributed by atoms with Crippen LogP contribution in [0.1, 0.15) is 33.4 Å². The number of nitrogens with zero attached hydrogens (tertiary/aromatic N) is 5. The van der Waals surface area contributed by atoms with Gasteiger partial charge in [-0.3, -0.25) is 0 Å². The van der Waals surface area contributed by atoms with Crippen LogP contribution in [0.4, 0.5) is 0 Å². The Hall–Kier alpha value is -1.93. The van der Waals surface area contributed by atoms with E-state index in [1.54, 1.807) is 12.1 Å². The Balaban J connectivity index is 2.44. The summed E-state index contributed by atoms with van der Waals surface area (Å²) in [5, 5.41) is 3.79. The minimum Gasteiger partial charge on any atom is -0.361 e. The van der Waals surface area contributed by atoms with Gasteiger partial charge < -0.3 is 4.90 Å². The lowest BCUT2D eigenvalue weighted by Crippen LogP contribution is -2.30. The molecule has 9 heteroatoms. The van der Waals surface area contributed by atoms with Crippen LogP contribution < -0.4 is 0 Å². The molecule has 0 N–H and O–H groups in total. The molecule has 0 aliphatic heterocycles. The van der Waals surface area contributed by atoms with Crippen molar-refractivity contribution < 1.29 is 8.42 Å². The van der Waals surface area contributed by atoms with E-state index >= 15 is 0 Å². The average molecular weight is 398 g/mol. The highest BCUT2D eigenvalue weighted by molar-refractivity contribution is 7.90. The molecular formula is C17H24ClN5O2S. The van der Waals surface area contributed by atoms with Gasteiger partial charge in [0.05, 0.1) is 5.69 Å². The average Bonchev–Trinajstić information content (AvgIpc) is 2.87. The smallest absolute Gasteiger partial charge is 0.304 e. The number of aromatic nitrogens is 3. The van der Waals surface area contributed by atoms with E-state index < -0.39 is 10.0 Å². The Kier molecular flexibility index (Phi) is 6.41. The summed E-state index contributed by atoms with van der Waals surface area (Å²) in [7, 11) is -4.07. The van der Waals surface area contributed by atoms with Crippen molar-refractivity contribution in [3.63, 3.8) is 0 Å². The minimum absolute atomic E-state index is 0.157. The second-order valence-electron chi connectivity index (χ2n) is 6.88. The molecule has 2 aromatic heterocycles. The van der Waals surface area contributed by atoms with E-state index in [0.29, 0.717) is 36.3 Å². The summed E-state index contributed by atoms with van der Waals surface area (Å²) in [5.74, 6) is 0.748. The molecule has 0 saturated heterocycles. The third-order valence-corrected chi connectivity index (χ3v) is 5.02. The summed E-state index contributed by atoms with van der Waals surface area (Å²) >= 11 is 6.07. The zero-order chi connectivity index (χ0) is 19.5. The van der Waals surface area contributed by atoms with Gasteiger partial charge in [0.15, 0.2) is 10.8 Å². The number of hydrogen-bond donors (Lipinski definition) is 0. The van der Waals surface area contributed by atoms with E-state index in [1.165, 1.54) is 16.9 Å². The second-order valence-corrected chi connectivity index (χ2v) is 8.78. The van der Waals surface area contributed by atoms with Crippen LogP contribution in [0, 0.1) is 11.8 Å². The highest BCUT2D eigenvalue weighted by atomic mass is 35.5. The van der Waals surface area contributed by atoms with Crippen molar-refractivity contribution in [3.05, 3.63) is 29.6 Å². The van der Waals surface area contributed by atoms with Gasteiger partial charge in [0.1, 0.15) is 6.34 Å². The van der Waals surface area contributed by atoms with Crippen molar-refractivity contribution in [2.75, 3.05) is 13.1 Å². The van der Waals surface area contributed by atoms with Gasteiger partial charge in [-0.15, -0.1) is 4.40 Å². The van der Waals surface area contributed by atoms with Crippen molar-refractivity contribution in [1.29, 1.82) is 0 Å². The Morgan fingerprint density at radius 3 is 2.42 bits per heavy atom. The molecule has 0 aromatic carbocycles. The SMILES string of the molecule is C=Cc1ccc2nc(Cl)c(S(=O)(=O)/N=C/N(CC(C)C)CC(C)C)n2n1. The Morgan fingerprint density at radius 1 is 1.27 bits per heavy atom. The van der Waals surface area contributed by atoms with Crippen LogP contribution in [0.15, 0.2) is 28.1 Å². The first-order valence-corrected chi connectivity index (χ1v) is 10.2. The Labute approximate surface area is 159 Å². The normalized spacial score (nSPS) is 12.6. The lowest BCUT2D eigenvalue weighted by atomic mass is 10.1. The standard InChI is InChI=1S/C17H24ClN5O2S/c1-6-14-7-8-15-20-16(18)17(23(15)21-14)26(24,25)19-11-22(9-12(2)3)10-13(4)5/h6-8,11-13H,1,9-10H2,2-5H3/b19-11+. The van der Waals surface area contributed by atoms with Crippen molar-refractivity contribution in [2.45, 2.75) is 32.7 Å². The lowest BCUT2D eigenvalue weighted by molar-refractivity contribution is 0.336. The molecule has 0 fully saturated rings. The predicted molar refractivity (Wildman–Crippen MR) is 105 cm³/mol. The maximum absolute atomic E-state index is 12.8. The molecule has 7 nitrogen and oxygen atoms in total. The van der Waals surface area contributed by atoms with Crippen LogP contribution in [-0.2, 0) is 10.0 Å². The van der Waals surface area contributed by atoms with Gasteiger partial charge in [0, 0.05) is 13.1 Å². The van der Waals surface area contributed by atoms with E-state index in [2.05, 4.69) is 48.8 Å². The quantitative estimate of drug-likeness (QED) is 0.504. The van der Waals surface area contributed by atoms with Crippen molar-refractivity contribution in [3.8, 4) is 0 Å². The monoisotopic (exact) mass is 397 g/mol. The van der Waals surface area contributed by atoms with Crippen molar-refractivity contribution >= 4 is 39.7 Å². The number of imidazole rings is 1. The molecule has 0 aliphatic carbocycles. The van der Waals surface area contributed by atoms with Crippen LogP contribution in [0.25, 0.3) is 11.7 Å². The number of fused-ring (bicyclic) bond motifs is 1. The van der Waals surface area contributed by atoms with Crippen LogP contribution >= 0.6 is 11.6 Å². The number of sulfonamides is 1. The van der Waals surface area contributed by atoms with Crippen LogP contribution in [0.2, 0.25) is 5.15 Å². The van der Waals surface area contributed by atoms with Gasteiger partial charge in [-0.1, -0.05) is 45.9 Å². The molecule has 2 heterocycles. The molecule has 0 spiro atoms. The second kappa shape index (κ2) is 8.18. The molecule has 0 unspecified atom stereocenters. The molecule has 0 amide bonds. The van der Waals surface area contributed by atoms with Gasteiger partial charge >= 0.3 is 10.0 Å². The molecule has 0 aliphatic rings. The van der Waals surface area contributed by atoms with Gasteiger partial charge in [-0.25, -0.2) is 4.98 Å². The third kappa shape index (κ3) is 4.82. The fourth-order valence-electron chi connectivity index (χ4n) is 2.51. The highest BCUT2D eigenvalue weighted by Gasteiger charge is 2.25. The van der Waals surface area contributed by atoms with E-state index in [-0.39, 0.29) is 10.2 Å². The molecule has 26 heavy (non-hydrogen) atoms. The third-order valence-electron chi connectivity index (χ3n) is 3.42. The first-order valence-electron chi connectivity index (χ1n) is 8.36. The summed E-state index contributed by atoms with van der Waals surface area (Å²) in [6.45, 7) is 13.3. The zero-order valence-electron chi connectivity index (χ0n) is 15.4. The molecule has 0 radical (unpaired) electrons. The lowest BCUT2D eigenvalue weighted by Gasteiger charge is -2.23. The molecule has 0 saturated carbocycles. The van der Waals surface area contributed by atoms with Gasteiger partial charge in [-0.2, -0.15) is 18.0 Å². The van der Waals surface area contributed by atoms with Gasteiger partial charge in [-0.05, 0) is 30.0 Å². The molecular weight excluding hydrogens is 374 g/mol. The zero-order valence-corrected chi connectivity index (χ0v) is 17.0. The molecule has 2 aromatic rings.